The van der Waals surface area contributed by atoms with E-state index in [4.69, 9.17) is 11.6 Å². The van der Waals surface area contributed by atoms with Crippen LogP contribution in [0, 0.1) is 0 Å². The molecular weight excluding hydrogens is 226 g/mol. The second-order valence-corrected chi connectivity index (χ2v) is 4.08. The number of imidazole rings is 1. The maximum Gasteiger partial charge on any atom is 0.237 e. The molecule has 1 aliphatic heterocycles. The number of carbonyl (C=O) groups excluding carboxylic acids is 1. The molecule has 4 nitrogen and oxygen atoms in total. The normalized spacial score (nSPS) is 16.1. The zero-order valence-electron chi connectivity index (χ0n) is 9.19. The number of rotatable bonds is 2. The fourth-order valence-corrected chi connectivity index (χ4v) is 2.03. The van der Waals surface area contributed by atoms with E-state index in [9.17, 15) is 4.79 Å². The molecule has 0 saturated carbocycles. The molecule has 1 aliphatic rings. The van der Waals surface area contributed by atoms with Gasteiger partial charge in [0.2, 0.25) is 5.91 Å². The van der Waals surface area contributed by atoms with Crippen LogP contribution in [0.3, 0.4) is 0 Å². The van der Waals surface area contributed by atoms with E-state index in [-0.39, 0.29) is 11.8 Å². The molecule has 86 valence electrons. The van der Waals surface area contributed by atoms with Gasteiger partial charge in [-0.2, -0.15) is 0 Å². The maximum atomic E-state index is 11.4. The molecule has 0 N–H and O–H groups in total. The minimum Gasteiger partial charge on any atom is -0.338 e. The first kappa shape index (κ1) is 11.2. The summed E-state index contributed by atoms with van der Waals surface area (Å²) in [6.07, 6.45) is 6.60. The molecule has 2 rings (SSSR count). The molecule has 0 unspecified atom stereocenters. The number of amides is 1. The summed E-state index contributed by atoms with van der Waals surface area (Å²) in [4.78, 5) is 17.4. The highest BCUT2D eigenvalue weighted by atomic mass is 35.5. The predicted octanol–water partition coefficient (Wildman–Crippen LogP) is 1.27. The molecule has 0 saturated heterocycles. The van der Waals surface area contributed by atoms with Gasteiger partial charge in [-0.05, 0) is 12.0 Å². The van der Waals surface area contributed by atoms with Crippen LogP contribution in [0.5, 0.6) is 0 Å². The summed E-state index contributed by atoms with van der Waals surface area (Å²) in [5.74, 6) is 1.04. The van der Waals surface area contributed by atoms with Crippen LogP contribution in [0.4, 0.5) is 0 Å². The van der Waals surface area contributed by atoms with E-state index < -0.39 is 0 Å². The lowest BCUT2D eigenvalue weighted by molar-refractivity contribution is -0.128. The molecule has 0 aromatic carbocycles. The Morgan fingerprint density at radius 2 is 2.44 bits per heavy atom. The highest BCUT2D eigenvalue weighted by Gasteiger charge is 2.18. The quantitative estimate of drug-likeness (QED) is 0.730. The second-order valence-electron chi connectivity index (χ2n) is 3.81. The zero-order valence-corrected chi connectivity index (χ0v) is 9.94. The van der Waals surface area contributed by atoms with Crippen molar-refractivity contribution in [2.24, 2.45) is 7.05 Å². The lowest BCUT2D eigenvalue weighted by atomic mass is 10.1. The number of nitrogens with zero attached hydrogens (tertiary/aromatic N) is 3. The maximum absolute atomic E-state index is 11.4. The number of halogens is 1. The summed E-state index contributed by atoms with van der Waals surface area (Å²) >= 11 is 5.52. The number of hydrogen-bond acceptors (Lipinski definition) is 2. The van der Waals surface area contributed by atoms with Crippen LogP contribution in [0.1, 0.15) is 12.2 Å². The van der Waals surface area contributed by atoms with Crippen molar-refractivity contribution >= 4 is 23.1 Å². The molecular formula is C11H14ClN3O. The van der Waals surface area contributed by atoms with Gasteiger partial charge >= 0.3 is 0 Å². The van der Waals surface area contributed by atoms with Crippen LogP contribution < -0.4 is 0 Å². The SMILES string of the molecule is Cn1ccnc1C1=CCN(C(=O)CCl)CC1. The molecule has 0 atom stereocenters. The van der Waals surface area contributed by atoms with E-state index in [0.29, 0.717) is 6.54 Å². The summed E-state index contributed by atoms with van der Waals surface area (Å²) in [6.45, 7) is 1.36. The molecule has 1 aromatic rings. The second kappa shape index (κ2) is 4.70. The monoisotopic (exact) mass is 239 g/mol. The lowest BCUT2D eigenvalue weighted by Crippen LogP contribution is -2.35. The van der Waals surface area contributed by atoms with Crippen LogP contribution in [0.2, 0.25) is 0 Å². The van der Waals surface area contributed by atoms with Gasteiger partial charge in [0.05, 0.1) is 0 Å². The van der Waals surface area contributed by atoms with Crippen molar-refractivity contribution in [1.82, 2.24) is 14.5 Å². The van der Waals surface area contributed by atoms with Gasteiger partial charge in [0.25, 0.3) is 0 Å². The number of carbonyl (C=O) groups is 1. The molecule has 1 amide bonds. The average molecular weight is 240 g/mol. The molecule has 0 radical (unpaired) electrons. The molecule has 0 aliphatic carbocycles. The minimum absolute atomic E-state index is 0.00296. The van der Waals surface area contributed by atoms with Crippen LogP contribution >= 0.6 is 11.6 Å². The summed E-state index contributed by atoms with van der Waals surface area (Å²) in [6, 6.07) is 0. The Kier molecular flexibility index (Phi) is 3.29. The van der Waals surface area contributed by atoms with E-state index in [2.05, 4.69) is 11.1 Å². The highest BCUT2D eigenvalue weighted by molar-refractivity contribution is 6.27. The van der Waals surface area contributed by atoms with E-state index in [1.807, 2.05) is 17.8 Å². The third kappa shape index (κ3) is 2.11. The van der Waals surface area contributed by atoms with Gasteiger partial charge in [0.1, 0.15) is 11.7 Å². The minimum atomic E-state index is -0.00296. The van der Waals surface area contributed by atoms with Crippen LogP contribution in [0.25, 0.3) is 5.57 Å². The predicted molar refractivity (Wildman–Crippen MR) is 63.1 cm³/mol. The highest BCUT2D eigenvalue weighted by Crippen LogP contribution is 2.20. The van der Waals surface area contributed by atoms with Gasteiger partial charge in [-0.15, -0.1) is 11.6 Å². The van der Waals surface area contributed by atoms with Crippen LogP contribution in [0.15, 0.2) is 18.5 Å². The van der Waals surface area contributed by atoms with Crippen LogP contribution in [-0.4, -0.2) is 39.3 Å². The van der Waals surface area contributed by atoms with Gasteiger partial charge in [-0.25, -0.2) is 4.98 Å². The van der Waals surface area contributed by atoms with Crippen molar-refractivity contribution in [2.45, 2.75) is 6.42 Å². The molecule has 16 heavy (non-hydrogen) atoms. The number of aryl methyl sites for hydroxylation is 1. The Morgan fingerprint density at radius 1 is 1.62 bits per heavy atom. The third-order valence-electron chi connectivity index (χ3n) is 2.78. The Balaban J connectivity index is 2.09. The first-order valence-electron chi connectivity index (χ1n) is 5.23. The Bertz CT molecular complexity index is 425. The van der Waals surface area contributed by atoms with Crippen molar-refractivity contribution in [3.05, 3.63) is 24.3 Å². The first-order chi connectivity index (χ1) is 7.72. The van der Waals surface area contributed by atoms with Crippen molar-refractivity contribution < 1.29 is 4.79 Å². The third-order valence-corrected chi connectivity index (χ3v) is 3.01. The number of hydrogen-bond donors (Lipinski definition) is 0. The molecule has 2 heterocycles. The summed E-state index contributed by atoms with van der Waals surface area (Å²) in [7, 11) is 1.97. The summed E-state index contributed by atoms with van der Waals surface area (Å²) < 4.78 is 1.99. The summed E-state index contributed by atoms with van der Waals surface area (Å²) in [5.41, 5.74) is 1.20. The molecule has 1 aromatic heterocycles. The fraction of sp³-hybridized carbons (Fsp3) is 0.455. The van der Waals surface area contributed by atoms with Gasteiger partial charge in [0, 0.05) is 32.5 Å². The topological polar surface area (TPSA) is 38.1 Å². The van der Waals surface area contributed by atoms with Crippen molar-refractivity contribution in [2.75, 3.05) is 19.0 Å². The Morgan fingerprint density at radius 3 is 2.94 bits per heavy atom. The number of alkyl halides is 1. The van der Waals surface area contributed by atoms with Crippen molar-refractivity contribution in [3.8, 4) is 0 Å². The van der Waals surface area contributed by atoms with Crippen LogP contribution in [-0.2, 0) is 11.8 Å². The fourth-order valence-electron chi connectivity index (χ4n) is 1.86. The van der Waals surface area contributed by atoms with E-state index in [1.54, 1.807) is 11.1 Å². The zero-order chi connectivity index (χ0) is 11.5. The van der Waals surface area contributed by atoms with E-state index >= 15 is 0 Å². The smallest absolute Gasteiger partial charge is 0.237 e. The molecule has 0 bridgehead atoms. The molecule has 0 fully saturated rings. The van der Waals surface area contributed by atoms with Gasteiger partial charge in [-0.1, -0.05) is 6.08 Å². The standard InChI is InChI=1S/C11H14ClN3O/c1-14-7-4-13-11(14)9-2-5-15(6-3-9)10(16)8-12/h2,4,7H,3,5-6,8H2,1H3. The number of aromatic nitrogens is 2. The van der Waals surface area contributed by atoms with Crippen molar-refractivity contribution in [1.29, 1.82) is 0 Å². The Hall–Kier alpha value is -1.29. The van der Waals surface area contributed by atoms with E-state index in [0.717, 1.165) is 18.8 Å². The molecule has 0 spiro atoms. The average Bonchev–Trinajstić information content (AvgIpc) is 2.75. The van der Waals surface area contributed by atoms with E-state index in [1.165, 1.54) is 5.57 Å². The summed E-state index contributed by atoms with van der Waals surface area (Å²) in [5, 5.41) is 0. The van der Waals surface area contributed by atoms with Gasteiger partial charge < -0.3 is 9.47 Å². The first-order valence-corrected chi connectivity index (χ1v) is 5.76. The lowest BCUT2D eigenvalue weighted by Gasteiger charge is -2.25. The molecule has 5 heteroatoms. The largest absolute Gasteiger partial charge is 0.338 e. The van der Waals surface area contributed by atoms with Gasteiger partial charge in [0.15, 0.2) is 0 Å². The van der Waals surface area contributed by atoms with Crippen molar-refractivity contribution in [3.63, 3.8) is 0 Å². The van der Waals surface area contributed by atoms with Gasteiger partial charge in [-0.3, -0.25) is 4.79 Å². The Labute approximate surface area is 99.5 Å².